The monoisotopic (exact) mass is 435 g/mol. The topological polar surface area (TPSA) is 132 Å². The molecule has 1 aliphatic carbocycles. The number of benzene rings is 1. The average molecular weight is 436 g/mol. The van der Waals surface area contributed by atoms with Crippen molar-refractivity contribution in [2.45, 2.75) is 38.3 Å². The van der Waals surface area contributed by atoms with E-state index in [2.05, 4.69) is 20.7 Å². The summed E-state index contributed by atoms with van der Waals surface area (Å²) in [6.45, 7) is 2.10. The van der Waals surface area contributed by atoms with E-state index in [4.69, 9.17) is 21.4 Å². The molecular weight excluding hydrogens is 409 g/mol. The Morgan fingerprint density at radius 1 is 1.34 bits per heavy atom. The van der Waals surface area contributed by atoms with Gasteiger partial charge in [-0.15, -0.1) is 0 Å². The highest BCUT2D eigenvalue weighted by atomic mass is 19.1. The van der Waals surface area contributed by atoms with Gasteiger partial charge >= 0.3 is 0 Å². The number of pyridine rings is 1. The molecule has 2 aliphatic rings. The maximum absolute atomic E-state index is 14.1. The van der Waals surface area contributed by atoms with Gasteiger partial charge in [-0.1, -0.05) is 0 Å². The van der Waals surface area contributed by atoms with Crippen LogP contribution < -0.4 is 21.1 Å². The average Bonchev–Trinajstić information content (AvgIpc) is 2.75. The summed E-state index contributed by atoms with van der Waals surface area (Å²) >= 11 is 0. The van der Waals surface area contributed by atoms with E-state index in [0.29, 0.717) is 40.7 Å². The van der Waals surface area contributed by atoms with Crippen LogP contribution in [0.2, 0.25) is 0 Å². The van der Waals surface area contributed by atoms with Gasteiger partial charge in [-0.2, -0.15) is 5.11 Å². The molecule has 1 fully saturated rings. The number of anilines is 1. The van der Waals surface area contributed by atoms with E-state index in [0.717, 1.165) is 24.1 Å². The molecule has 0 unspecified atom stereocenters. The Labute approximate surface area is 185 Å². The molecule has 2 heterocycles. The van der Waals surface area contributed by atoms with Crippen molar-refractivity contribution in [1.29, 1.82) is 10.9 Å². The number of nitrogens with two attached hydrogens (primary N) is 1. The molecule has 166 valence electrons. The predicted molar refractivity (Wildman–Crippen MR) is 122 cm³/mol. The van der Waals surface area contributed by atoms with Crippen molar-refractivity contribution in [3.63, 3.8) is 0 Å². The number of hydrogen-bond donors (Lipinski definition) is 5. The zero-order valence-corrected chi connectivity index (χ0v) is 17.8. The van der Waals surface area contributed by atoms with E-state index < -0.39 is 11.9 Å². The molecule has 6 N–H and O–H groups in total. The Kier molecular flexibility index (Phi) is 6.16. The van der Waals surface area contributed by atoms with E-state index in [1.165, 1.54) is 31.0 Å². The van der Waals surface area contributed by atoms with E-state index in [1.54, 1.807) is 25.3 Å². The second-order valence-corrected chi connectivity index (χ2v) is 7.94. The number of halogens is 1. The van der Waals surface area contributed by atoms with E-state index in [9.17, 15) is 4.39 Å². The Hall–Kier alpha value is -3.75. The number of aromatic nitrogens is 1. The quantitative estimate of drug-likeness (QED) is 0.359. The molecule has 0 saturated heterocycles. The number of ether oxygens (including phenoxy) is 1. The SMILES string of the molecule is C[C@H]1Oc2cc(cnc2N)/C(NC2CCC2)=C(/C=N)CN/C(=C\N=N)c2ccc(F)cc21. The fourth-order valence-corrected chi connectivity index (χ4v) is 3.85. The van der Waals surface area contributed by atoms with Crippen molar-refractivity contribution in [3.05, 3.63) is 64.7 Å². The first-order valence-electron chi connectivity index (χ1n) is 10.5. The largest absolute Gasteiger partial charge is 0.482 e. The van der Waals surface area contributed by atoms with Gasteiger partial charge in [0.15, 0.2) is 11.6 Å². The lowest BCUT2D eigenvalue weighted by atomic mass is 9.92. The minimum Gasteiger partial charge on any atom is -0.482 e. The minimum atomic E-state index is -0.551. The van der Waals surface area contributed by atoms with Gasteiger partial charge in [-0.3, -0.25) is 0 Å². The molecule has 1 atom stereocenters. The molecule has 2 aromatic rings. The van der Waals surface area contributed by atoms with E-state index in [-0.39, 0.29) is 5.82 Å². The maximum Gasteiger partial charge on any atom is 0.166 e. The molecule has 8 nitrogen and oxygen atoms in total. The fraction of sp³-hybridized carbons (Fsp3) is 0.304. The van der Waals surface area contributed by atoms with Crippen molar-refractivity contribution in [1.82, 2.24) is 15.6 Å². The van der Waals surface area contributed by atoms with Crippen LogP contribution in [-0.2, 0) is 0 Å². The lowest BCUT2D eigenvalue weighted by Gasteiger charge is -2.30. The summed E-state index contributed by atoms with van der Waals surface area (Å²) in [7, 11) is 0. The third-order valence-electron chi connectivity index (χ3n) is 5.83. The van der Waals surface area contributed by atoms with Crippen LogP contribution in [0.5, 0.6) is 5.75 Å². The van der Waals surface area contributed by atoms with Crippen LogP contribution in [0.25, 0.3) is 11.4 Å². The summed E-state index contributed by atoms with van der Waals surface area (Å²) in [5.74, 6) is 0.206. The fourth-order valence-electron chi connectivity index (χ4n) is 3.85. The summed E-state index contributed by atoms with van der Waals surface area (Å²) in [6, 6.07) is 6.51. The van der Waals surface area contributed by atoms with E-state index >= 15 is 0 Å². The van der Waals surface area contributed by atoms with Crippen molar-refractivity contribution in [3.8, 4) is 5.75 Å². The Morgan fingerprint density at radius 3 is 2.84 bits per heavy atom. The smallest absolute Gasteiger partial charge is 0.166 e. The van der Waals surface area contributed by atoms with Gasteiger partial charge in [0.05, 0.1) is 11.9 Å². The second-order valence-electron chi connectivity index (χ2n) is 7.94. The highest BCUT2D eigenvalue weighted by Crippen LogP contribution is 2.34. The summed E-state index contributed by atoms with van der Waals surface area (Å²) in [5, 5.41) is 18.3. The third kappa shape index (κ3) is 4.32. The lowest BCUT2D eigenvalue weighted by molar-refractivity contribution is 0.226. The molecule has 9 heteroatoms. The van der Waals surface area contributed by atoms with Gasteiger partial charge in [0.1, 0.15) is 11.9 Å². The molecule has 32 heavy (non-hydrogen) atoms. The lowest BCUT2D eigenvalue weighted by Crippen LogP contribution is -2.35. The summed E-state index contributed by atoms with van der Waals surface area (Å²) in [6.07, 6.45) is 7.06. The van der Waals surface area contributed by atoms with Crippen molar-refractivity contribution in [2.75, 3.05) is 12.3 Å². The van der Waals surface area contributed by atoms with Crippen LogP contribution in [0.4, 0.5) is 10.2 Å². The highest BCUT2D eigenvalue weighted by molar-refractivity contribution is 5.90. The van der Waals surface area contributed by atoms with Crippen LogP contribution in [-0.4, -0.2) is 23.8 Å². The number of fused-ring (bicyclic) bond motifs is 3. The molecule has 1 aromatic carbocycles. The van der Waals surface area contributed by atoms with Crippen LogP contribution >= 0.6 is 0 Å². The third-order valence-corrected chi connectivity index (χ3v) is 5.83. The number of nitrogens with zero attached hydrogens (tertiary/aromatic N) is 2. The molecule has 1 aromatic heterocycles. The molecule has 1 saturated carbocycles. The van der Waals surface area contributed by atoms with Gasteiger partial charge in [0, 0.05) is 53.0 Å². The molecule has 0 spiro atoms. The molecule has 2 bridgehead atoms. The maximum atomic E-state index is 14.1. The number of hydrogen-bond acceptors (Lipinski definition) is 8. The number of rotatable bonds is 4. The minimum absolute atomic E-state index is 0.227. The van der Waals surface area contributed by atoms with Crippen LogP contribution in [0.1, 0.15) is 49.0 Å². The predicted octanol–water partition coefficient (Wildman–Crippen LogP) is 4.38. The van der Waals surface area contributed by atoms with Crippen molar-refractivity contribution >= 4 is 23.4 Å². The Balaban J connectivity index is 1.88. The normalized spacial score (nSPS) is 22.3. The van der Waals surface area contributed by atoms with E-state index in [1.807, 2.05) is 0 Å². The zero-order chi connectivity index (χ0) is 22.7. The highest BCUT2D eigenvalue weighted by Gasteiger charge is 2.23. The first-order chi connectivity index (χ1) is 15.5. The standard InChI is InChI=1S/C23H26FN7O/c1-13-19-8-16(24)5-6-18(19)20(12-30-27)28-11-15(9-25)22(31-17-3-2-4-17)14-7-21(32-13)23(26)29-10-14/h5-10,12-13,17,25,27-28,31H,2-4,11H2,1H3,(H2,26,29)/b20-12-,22-15+,25-9?,30-27?/t13-/m1/s1. The number of nitrogen functional groups attached to an aromatic ring is 1. The zero-order valence-electron chi connectivity index (χ0n) is 17.8. The molecule has 1 aliphatic heterocycles. The van der Waals surface area contributed by atoms with Gasteiger partial charge < -0.3 is 26.5 Å². The molecular formula is C23H26FN7O. The number of nitrogens with one attached hydrogen (secondary N) is 4. The summed E-state index contributed by atoms with van der Waals surface area (Å²) in [4.78, 5) is 4.31. The Bertz CT molecular complexity index is 1110. The van der Waals surface area contributed by atoms with Crippen molar-refractivity contribution in [2.24, 2.45) is 5.11 Å². The van der Waals surface area contributed by atoms with Gasteiger partial charge in [-0.05, 0) is 50.5 Å². The summed E-state index contributed by atoms with van der Waals surface area (Å²) in [5.41, 5.74) is 17.4. The van der Waals surface area contributed by atoms with Gasteiger partial charge in [0.2, 0.25) is 0 Å². The Morgan fingerprint density at radius 2 is 2.16 bits per heavy atom. The first kappa shape index (κ1) is 21.5. The molecule has 4 rings (SSSR count). The van der Waals surface area contributed by atoms with Crippen LogP contribution in [0, 0.1) is 16.8 Å². The van der Waals surface area contributed by atoms with Crippen LogP contribution in [0.15, 0.2) is 47.3 Å². The van der Waals surface area contributed by atoms with Crippen molar-refractivity contribution < 1.29 is 9.13 Å². The molecule has 0 amide bonds. The molecule has 0 radical (unpaired) electrons. The second kappa shape index (κ2) is 9.17. The first-order valence-corrected chi connectivity index (χ1v) is 10.5. The summed E-state index contributed by atoms with van der Waals surface area (Å²) < 4.78 is 20.3. The van der Waals surface area contributed by atoms with Crippen LogP contribution in [0.3, 0.4) is 0 Å². The van der Waals surface area contributed by atoms with Gasteiger partial charge in [-0.25, -0.2) is 14.9 Å². The van der Waals surface area contributed by atoms with Gasteiger partial charge in [0.25, 0.3) is 0 Å².